The lowest BCUT2D eigenvalue weighted by molar-refractivity contribution is 0.132. The van der Waals surface area contributed by atoms with Crippen LogP contribution in [0.4, 0.5) is 14.9 Å². The molecule has 0 saturated carbocycles. The van der Waals surface area contributed by atoms with Crippen LogP contribution in [0.1, 0.15) is 0 Å². The van der Waals surface area contributed by atoms with Gasteiger partial charge in [0.2, 0.25) is 0 Å². The maximum absolute atomic E-state index is 13.6. The summed E-state index contributed by atoms with van der Waals surface area (Å²) >= 11 is 0. The number of nitrogens with one attached hydrogen (secondary N) is 1. The summed E-state index contributed by atoms with van der Waals surface area (Å²) in [6, 6.07) is 15.7. The van der Waals surface area contributed by atoms with Gasteiger partial charge in [0.25, 0.3) is 0 Å². The Morgan fingerprint density at radius 2 is 1.68 bits per heavy atom. The summed E-state index contributed by atoms with van der Waals surface area (Å²) in [5.41, 5.74) is 0.214. The minimum absolute atomic E-state index is 0.214. The Hall–Kier alpha value is -2.60. The van der Waals surface area contributed by atoms with E-state index in [1.807, 2.05) is 30.3 Å². The molecule has 0 radical (unpaired) electrons. The molecular weight excluding hydrogens is 321 g/mol. The van der Waals surface area contributed by atoms with E-state index >= 15 is 0 Å². The molecule has 25 heavy (non-hydrogen) atoms. The van der Waals surface area contributed by atoms with E-state index in [1.54, 1.807) is 23.1 Å². The number of nitrogens with zero attached hydrogens (tertiary/aromatic N) is 2. The Kier molecular flexibility index (Phi) is 5.85. The van der Waals surface area contributed by atoms with Crippen LogP contribution in [0.15, 0.2) is 54.6 Å². The number of carbonyl (C=O) groups excluding carboxylic acids is 1. The standard InChI is InChI=1S/C19H22FN3O2/c20-17-8-4-5-9-18(17)21-19(24)23-12-10-22(11-13-23)14-15-25-16-6-2-1-3-7-16/h1-9H,10-15H2,(H,21,24). The lowest BCUT2D eigenvalue weighted by atomic mass is 10.3. The maximum Gasteiger partial charge on any atom is 0.322 e. The largest absolute Gasteiger partial charge is 0.492 e. The van der Waals surface area contributed by atoms with Gasteiger partial charge in [-0.2, -0.15) is 0 Å². The highest BCUT2D eigenvalue weighted by molar-refractivity contribution is 5.89. The number of hydrogen-bond acceptors (Lipinski definition) is 3. The third-order valence-electron chi connectivity index (χ3n) is 4.19. The fourth-order valence-corrected chi connectivity index (χ4v) is 2.74. The molecule has 0 unspecified atom stereocenters. The minimum atomic E-state index is -0.424. The Bertz CT molecular complexity index is 688. The molecule has 1 aliphatic heterocycles. The first-order chi connectivity index (χ1) is 12.2. The molecule has 0 atom stereocenters. The van der Waals surface area contributed by atoms with Crippen molar-refractivity contribution in [2.75, 3.05) is 44.6 Å². The smallest absolute Gasteiger partial charge is 0.322 e. The van der Waals surface area contributed by atoms with E-state index in [0.717, 1.165) is 25.4 Å². The van der Waals surface area contributed by atoms with E-state index in [-0.39, 0.29) is 11.7 Å². The molecule has 3 rings (SSSR count). The summed E-state index contributed by atoms with van der Waals surface area (Å²) in [6.45, 7) is 4.23. The monoisotopic (exact) mass is 343 g/mol. The number of benzene rings is 2. The van der Waals surface area contributed by atoms with Crippen LogP contribution in [-0.2, 0) is 0 Å². The van der Waals surface area contributed by atoms with Crippen LogP contribution in [0.2, 0.25) is 0 Å². The van der Waals surface area contributed by atoms with Crippen molar-refractivity contribution in [1.29, 1.82) is 0 Å². The van der Waals surface area contributed by atoms with Gasteiger partial charge in [-0.15, -0.1) is 0 Å². The fourth-order valence-electron chi connectivity index (χ4n) is 2.74. The van der Waals surface area contributed by atoms with E-state index in [2.05, 4.69) is 10.2 Å². The zero-order chi connectivity index (χ0) is 17.5. The van der Waals surface area contributed by atoms with E-state index < -0.39 is 5.82 Å². The van der Waals surface area contributed by atoms with E-state index in [1.165, 1.54) is 6.07 Å². The molecule has 1 heterocycles. The average Bonchev–Trinajstić information content (AvgIpc) is 2.65. The zero-order valence-electron chi connectivity index (χ0n) is 14.0. The normalized spacial score (nSPS) is 15.0. The molecule has 132 valence electrons. The molecule has 1 N–H and O–H groups in total. The minimum Gasteiger partial charge on any atom is -0.492 e. The quantitative estimate of drug-likeness (QED) is 0.907. The van der Waals surface area contributed by atoms with Crippen LogP contribution in [0.3, 0.4) is 0 Å². The van der Waals surface area contributed by atoms with Crippen LogP contribution in [-0.4, -0.2) is 55.2 Å². The van der Waals surface area contributed by atoms with E-state index in [0.29, 0.717) is 19.7 Å². The molecule has 1 aliphatic rings. The molecule has 1 fully saturated rings. The summed E-state index contributed by atoms with van der Waals surface area (Å²) in [5, 5.41) is 2.63. The van der Waals surface area contributed by atoms with Gasteiger partial charge < -0.3 is 15.0 Å². The summed E-state index contributed by atoms with van der Waals surface area (Å²) in [5.74, 6) is 0.443. The highest BCUT2D eigenvalue weighted by Gasteiger charge is 2.21. The molecule has 6 heteroatoms. The average molecular weight is 343 g/mol. The van der Waals surface area contributed by atoms with Gasteiger partial charge in [0.05, 0.1) is 5.69 Å². The van der Waals surface area contributed by atoms with Crippen molar-refractivity contribution in [1.82, 2.24) is 9.80 Å². The Morgan fingerprint density at radius 1 is 1.00 bits per heavy atom. The van der Waals surface area contributed by atoms with Gasteiger partial charge in [0.1, 0.15) is 18.2 Å². The number of ether oxygens (including phenoxy) is 1. The summed E-state index contributed by atoms with van der Waals surface area (Å²) in [7, 11) is 0. The number of urea groups is 1. The van der Waals surface area contributed by atoms with Crippen molar-refractivity contribution >= 4 is 11.7 Å². The van der Waals surface area contributed by atoms with Crippen molar-refractivity contribution in [3.63, 3.8) is 0 Å². The van der Waals surface area contributed by atoms with Crippen molar-refractivity contribution in [2.45, 2.75) is 0 Å². The molecule has 0 bridgehead atoms. The number of halogens is 1. The summed E-state index contributed by atoms with van der Waals surface area (Å²) in [6.07, 6.45) is 0. The van der Waals surface area contributed by atoms with Crippen molar-refractivity contribution in [2.24, 2.45) is 0 Å². The predicted molar refractivity (Wildman–Crippen MR) is 95.4 cm³/mol. The van der Waals surface area contributed by atoms with Gasteiger partial charge in [-0.3, -0.25) is 4.90 Å². The van der Waals surface area contributed by atoms with E-state index in [9.17, 15) is 9.18 Å². The van der Waals surface area contributed by atoms with Crippen molar-refractivity contribution < 1.29 is 13.9 Å². The second-order valence-corrected chi connectivity index (χ2v) is 5.90. The highest BCUT2D eigenvalue weighted by Crippen LogP contribution is 2.14. The van der Waals surface area contributed by atoms with Crippen LogP contribution < -0.4 is 10.1 Å². The molecule has 2 amide bonds. The maximum atomic E-state index is 13.6. The first-order valence-electron chi connectivity index (χ1n) is 8.43. The topological polar surface area (TPSA) is 44.8 Å². The molecule has 5 nitrogen and oxygen atoms in total. The van der Waals surface area contributed by atoms with Crippen molar-refractivity contribution in [3.8, 4) is 5.75 Å². The number of piperazine rings is 1. The third kappa shape index (κ3) is 4.93. The fraction of sp³-hybridized carbons (Fsp3) is 0.316. The van der Waals surface area contributed by atoms with Crippen LogP contribution in [0.25, 0.3) is 0 Å². The third-order valence-corrected chi connectivity index (χ3v) is 4.19. The number of para-hydroxylation sites is 2. The van der Waals surface area contributed by atoms with Gasteiger partial charge >= 0.3 is 6.03 Å². The highest BCUT2D eigenvalue weighted by atomic mass is 19.1. The summed E-state index contributed by atoms with van der Waals surface area (Å²) < 4.78 is 19.3. The zero-order valence-corrected chi connectivity index (χ0v) is 14.0. The Balaban J connectivity index is 1.39. The molecule has 1 saturated heterocycles. The van der Waals surface area contributed by atoms with Crippen LogP contribution >= 0.6 is 0 Å². The van der Waals surface area contributed by atoms with E-state index in [4.69, 9.17) is 4.74 Å². The molecule has 0 aromatic heterocycles. The number of anilines is 1. The summed E-state index contributed by atoms with van der Waals surface area (Å²) in [4.78, 5) is 16.2. The SMILES string of the molecule is O=C(Nc1ccccc1F)N1CCN(CCOc2ccccc2)CC1. The first-order valence-corrected chi connectivity index (χ1v) is 8.43. The number of hydrogen-bond donors (Lipinski definition) is 1. The molecule has 2 aromatic carbocycles. The first kappa shape index (κ1) is 17.2. The van der Waals surface area contributed by atoms with Gasteiger partial charge in [-0.1, -0.05) is 30.3 Å². The second-order valence-electron chi connectivity index (χ2n) is 5.90. The number of amides is 2. The number of rotatable bonds is 5. The Morgan fingerprint density at radius 3 is 2.40 bits per heavy atom. The lowest BCUT2D eigenvalue weighted by Crippen LogP contribution is -2.50. The predicted octanol–water partition coefficient (Wildman–Crippen LogP) is 3.05. The molecule has 2 aromatic rings. The Labute approximate surface area is 147 Å². The number of carbonyl (C=O) groups is 1. The lowest BCUT2D eigenvalue weighted by Gasteiger charge is -2.34. The van der Waals surface area contributed by atoms with Gasteiger partial charge in [0, 0.05) is 32.7 Å². The van der Waals surface area contributed by atoms with Crippen LogP contribution in [0, 0.1) is 5.82 Å². The molecule has 0 spiro atoms. The van der Waals surface area contributed by atoms with Crippen molar-refractivity contribution in [3.05, 3.63) is 60.4 Å². The molecular formula is C19H22FN3O2. The second kappa shape index (κ2) is 8.48. The van der Waals surface area contributed by atoms with Gasteiger partial charge in [-0.25, -0.2) is 9.18 Å². The van der Waals surface area contributed by atoms with Gasteiger partial charge in [0.15, 0.2) is 0 Å². The molecule has 0 aliphatic carbocycles. The van der Waals surface area contributed by atoms with Crippen LogP contribution in [0.5, 0.6) is 5.75 Å². The van der Waals surface area contributed by atoms with Gasteiger partial charge in [-0.05, 0) is 24.3 Å².